The van der Waals surface area contributed by atoms with E-state index in [4.69, 9.17) is 16.3 Å². The molecule has 0 atom stereocenters. The van der Waals surface area contributed by atoms with E-state index in [1.54, 1.807) is 43.5 Å². The van der Waals surface area contributed by atoms with Crippen LogP contribution in [-0.2, 0) is 11.3 Å². The molecule has 0 aliphatic heterocycles. The van der Waals surface area contributed by atoms with E-state index in [2.05, 4.69) is 10.6 Å². The minimum absolute atomic E-state index is 0.186. The lowest BCUT2D eigenvalue weighted by Gasteiger charge is -2.08. The molecule has 2 N–H and O–H groups in total. The smallest absolute Gasteiger partial charge is 0.251 e. The molecule has 0 bridgehead atoms. The second-order valence-corrected chi connectivity index (χ2v) is 5.59. The van der Waals surface area contributed by atoms with E-state index in [0.717, 1.165) is 5.56 Å². The van der Waals surface area contributed by atoms with Crippen LogP contribution in [0.5, 0.6) is 0 Å². The Morgan fingerprint density at radius 2 is 1.58 bits per heavy atom. The van der Waals surface area contributed by atoms with E-state index >= 15 is 0 Å². The normalized spacial score (nSPS) is 10.2. The maximum absolute atomic E-state index is 12.1. The number of hydrogen-bond donors (Lipinski definition) is 2. The Morgan fingerprint density at radius 1 is 0.958 bits per heavy atom. The standard InChI is InChI=1S/C18H19ClN2O3/c1-24-12-13-3-2-4-15(11-13)18(23)21-10-9-20-17(22)14-5-7-16(19)8-6-14/h2-8,11H,9-10,12H2,1H3,(H,20,22)(H,21,23). The van der Waals surface area contributed by atoms with Crippen molar-refractivity contribution in [3.05, 3.63) is 70.2 Å². The van der Waals surface area contributed by atoms with Crippen LogP contribution in [0.4, 0.5) is 0 Å². The van der Waals surface area contributed by atoms with E-state index in [-0.39, 0.29) is 11.8 Å². The fraction of sp³-hybridized carbons (Fsp3) is 0.222. The van der Waals surface area contributed by atoms with Gasteiger partial charge in [-0.15, -0.1) is 0 Å². The van der Waals surface area contributed by atoms with E-state index in [1.165, 1.54) is 0 Å². The summed E-state index contributed by atoms with van der Waals surface area (Å²) in [5.74, 6) is -0.392. The predicted molar refractivity (Wildman–Crippen MR) is 93.3 cm³/mol. The quantitative estimate of drug-likeness (QED) is 0.757. The Bertz CT molecular complexity index is 702. The van der Waals surface area contributed by atoms with Gasteiger partial charge in [-0.3, -0.25) is 9.59 Å². The predicted octanol–water partition coefficient (Wildman–Crippen LogP) is 2.65. The summed E-state index contributed by atoms with van der Waals surface area (Å²) in [4.78, 5) is 24.0. The number of methoxy groups -OCH3 is 1. The van der Waals surface area contributed by atoms with Gasteiger partial charge in [0.15, 0.2) is 0 Å². The summed E-state index contributed by atoms with van der Waals surface area (Å²) >= 11 is 5.78. The Labute approximate surface area is 146 Å². The van der Waals surface area contributed by atoms with Crippen LogP contribution in [0.25, 0.3) is 0 Å². The molecule has 0 fully saturated rings. The average Bonchev–Trinajstić information content (AvgIpc) is 2.59. The SMILES string of the molecule is COCc1cccc(C(=O)NCCNC(=O)c2ccc(Cl)cc2)c1. The van der Waals surface area contributed by atoms with Crippen LogP contribution in [-0.4, -0.2) is 32.0 Å². The van der Waals surface area contributed by atoms with E-state index < -0.39 is 0 Å². The molecule has 2 aromatic carbocycles. The first-order valence-corrected chi connectivity index (χ1v) is 7.88. The third kappa shape index (κ3) is 5.37. The average molecular weight is 347 g/mol. The summed E-state index contributed by atoms with van der Waals surface area (Å²) in [6, 6.07) is 13.8. The number of carbonyl (C=O) groups is 2. The molecule has 2 amide bonds. The Hall–Kier alpha value is -2.37. The minimum atomic E-state index is -0.206. The summed E-state index contributed by atoms with van der Waals surface area (Å²) in [5.41, 5.74) is 2.02. The van der Waals surface area contributed by atoms with E-state index in [1.807, 2.05) is 12.1 Å². The number of carbonyl (C=O) groups excluding carboxylic acids is 2. The third-order valence-corrected chi connectivity index (χ3v) is 3.55. The molecule has 0 aliphatic rings. The third-order valence-electron chi connectivity index (χ3n) is 3.30. The van der Waals surface area contributed by atoms with Gasteiger partial charge in [0.1, 0.15) is 0 Å². The molecule has 24 heavy (non-hydrogen) atoms. The fourth-order valence-corrected chi connectivity index (χ4v) is 2.25. The van der Waals surface area contributed by atoms with Crippen LogP contribution in [0.15, 0.2) is 48.5 Å². The molecule has 0 unspecified atom stereocenters. The molecule has 0 spiro atoms. The molecule has 6 heteroatoms. The zero-order chi connectivity index (χ0) is 17.4. The number of halogens is 1. The lowest BCUT2D eigenvalue weighted by molar-refractivity contribution is 0.0927. The highest BCUT2D eigenvalue weighted by Crippen LogP contribution is 2.09. The number of hydrogen-bond acceptors (Lipinski definition) is 3. The topological polar surface area (TPSA) is 67.4 Å². The number of rotatable bonds is 7. The Kier molecular flexibility index (Phi) is 6.78. The van der Waals surface area contributed by atoms with Crippen molar-refractivity contribution in [3.8, 4) is 0 Å². The highest BCUT2D eigenvalue weighted by Gasteiger charge is 2.07. The van der Waals surface area contributed by atoms with Crippen molar-refractivity contribution in [2.45, 2.75) is 6.61 Å². The number of ether oxygens (including phenoxy) is 1. The van der Waals surface area contributed by atoms with Crippen molar-refractivity contribution < 1.29 is 14.3 Å². The highest BCUT2D eigenvalue weighted by atomic mass is 35.5. The lowest BCUT2D eigenvalue weighted by atomic mass is 10.1. The maximum atomic E-state index is 12.1. The zero-order valence-electron chi connectivity index (χ0n) is 13.3. The summed E-state index contributed by atoms with van der Waals surface area (Å²) in [6.45, 7) is 1.13. The molecule has 2 aromatic rings. The molecule has 5 nitrogen and oxygen atoms in total. The van der Waals surface area contributed by atoms with Gasteiger partial charge in [-0.1, -0.05) is 23.7 Å². The first kappa shape index (κ1) is 18.0. The van der Waals surface area contributed by atoms with Gasteiger partial charge in [-0.05, 0) is 42.0 Å². The molecule has 0 aliphatic carbocycles. The fourth-order valence-electron chi connectivity index (χ4n) is 2.13. The van der Waals surface area contributed by atoms with Gasteiger partial charge < -0.3 is 15.4 Å². The number of benzene rings is 2. The first-order valence-electron chi connectivity index (χ1n) is 7.50. The van der Waals surface area contributed by atoms with Crippen molar-refractivity contribution in [3.63, 3.8) is 0 Å². The van der Waals surface area contributed by atoms with Crippen molar-refractivity contribution in [2.24, 2.45) is 0 Å². The molecule has 2 rings (SSSR count). The van der Waals surface area contributed by atoms with Gasteiger partial charge >= 0.3 is 0 Å². The van der Waals surface area contributed by atoms with Crippen LogP contribution in [0.3, 0.4) is 0 Å². The van der Waals surface area contributed by atoms with E-state index in [9.17, 15) is 9.59 Å². The second-order valence-electron chi connectivity index (χ2n) is 5.15. The lowest BCUT2D eigenvalue weighted by Crippen LogP contribution is -2.34. The second kappa shape index (κ2) is 9.05. The molecule has 0 heterocycles. The van der Waals surface area contributed by atoms with Gasteiger partial charge in [-0.25, -0.2) is 0 Å². The van der Waals surface area contributed by atoms with Crippen molar-refractivity contribution >= 4 is 23.4 Å². The van der Waals surface area contributed by atoms with Crippen LogP contribution >= 0.6 is 11.6 Å². The monoisotopic (exact) mass is 346 g/mol. The molecule has 0 radical (unpaired) electrons. The molecule has 0 aromatic heterocycles. The zero-order valence-corrected chi connectivity index (χ0v) is 14.1. The van der Waals surface area contributed by atoms with Gasteiger partial charge in [0, 0.05) is 36.3 Å². The summed E-state index contributed by atoms with van der Waals surface area (Å²) in [7, 11) is 1.61. The summed E-state index contributed by atoms with van der Waals surface area (Å²) < 4.78 is 5.05. The minimum Gasteiger partial charge on any atom is -0.380 e. The van der Waals surface area contributed by atoms with Crippen molar-refractivity contribution in [1.29, 1.82) is 0 Å². The summed E-state index contributed by atoms with van der Waals surface area (Å²) in [5, 5.41) is 6.09. The van der Waals surface area contributed by atoms with E-state index in [0.29, 0.717) is 35.8 Å². The van der Waals surface area contributed by atoms with Crippen molar-refractivity contribution in [1.82, 2.24) is 10.6 Å². The molecule has 0 saturated carbocycles. The first-order chi connectivity index (χ1) is 11.6. The Morgan fingerprint density at radius 3 is 2.21 bits per heavy atom. The van der Waals surface area contributed by atoms with Gasteiger partial charge in [0.25, 0.3) is 11.8 Å². The van der Waals surface area contributed by atoms with Gasteiger partial charge in [-0.2, -0.15) is 0 Å². The van der Waals surface area contributed by atoms with Crippen LogP contribution in [0.1, 0.15) is 26.3 Å². The molecular formula is C18H19ClN2O3. The largest absolute Gasteiger partial charge is 0.380 e. The van der Waals surface area contributed by atoms with Crippen LogP contribution in [0.2, 0.25) is 5.02 Å². The summed E-state index contributed by atoms with van der Waals surface area (Å²) in [6.07, 6.45) is 0. The highest BCUT2D eigenvalue weighted by molar-refractivity contribution is 6.30. The maximum Gasteiger partial charge on any atom is 0.251 e. The Balaban J connectivity index is 1.77. The van der Waals surface area contributed by atoms with Crippen molar-refractivity contribution in [2.75, 3.05) is 20.2 Å². The molecule has 0 saturated heterocycles. The molecular weight excluding hydrogens is 328 g/mol. The van der Waals surface area contributed by atoms with Gasteiger partial charge in [0.2, 0.25) is 0 Å². The van der Waals surface area contributed by atoms with Crippen LogP contribution in [0, 0.1) is 0 Å². The van der Waals surface area contributed by atoms with Crippen LogP contribution < -0.4 is 10.6 Å². The molecule has 126 valence electrons. The number of amides is 2. The van der Waals surface area contributed by atoms with Gasteiger partial charge in [0.05, 0.1) is 6.61 Å². The number of nitrogens with one attached hydrogen (secondary N) is 2.